The number of pyridine rings is 1. The minimum Gasteiger partial charge on any atom is -0.374 e. The van der Waals surface area contributed by atoms with E-state index in [1.807, 2.05) is 26.8 Å². The fraction of sp³-hybridized carbons (Fsp3) is 0.583. The van der Waals surface area contributed by atoms with E-state index in [0.29, 0.717) is 19.8 Å². The van der Waals surface area contributed by atoms with Gasteiger partial charge in [0.15, 0.2) is 0 Å². The van der Waals surface area contributed by atoms with E-state index in [2.05, 4.69) is 20.9 Å². The number of halogens is 1. The van der Waals surface area contributed by atoms with Gasteiger partial charge < -0.3 is 9.47 Å². The van der Waals surface area contributed by atoms with Crippen LogP contribution in [0.4, 0.5) is 0 Å². The van der Waals surface area contributed by atoms with E-state index in [-0.39, 0.29) is 5.60 Å². The molecule has 0 amide bonds. The quantitative estimate of drug-likeness (QED) is 0.780. The van der Waals surface area contributed by atoms with Crippen molar-refractivity contribution in [2.75, 3.05) is 13.2 Å². The topological polar surface area (TPSA) is 31.4 Å². The van der Waals surface area contributed by atoms with Gasteiger partial charge in [0, 0.05) is 16.9 Å². The van der Waals surface area contributed by atoms with Gasteiger partial charge in [-0.05, 0) is 48.3 Å². The summed E-state index contributed by atoms with van der Waals surface area (Å²) in [5.74, 6) is 0. The average Bonchev–Trinajstić information content (AvgIpc) is 2.15. The Morgan fingerprint density at radius 2 is 2.00 bits per heavy atom. The van der Waals surface area contributed by atoms with Gasteiger partial charge in [0.2, 0.25) is 0 Å². The second-order valence-corrected chi connectivity index (χ2v) is 5.44. The molecule has 0 aromatic carbocycles. The summed E-state index contributed by atoms with van der Waals surface area (Å²) in [6.45, 7) is 7.89. The molecule has 0 aliphatic rings. The molecule has 1 aromatic heterocycles. The minimum atomic E-state index is -0.0965. The zero-order valence-electron chi connectivity index (χ0n) is 10.00. The molecule has 0 unspecified atom stereocenters. The van der Waals surface area contributed by atoms with Crippen LogP contribution in [0.2, 0.25) is 0 Å². The van der Waals surface area contributed by atoms with Crippen LogP contribution < -0.4 is 0 Å². The molecule has 4 heteroatoms. The van der Waals surface area contributed by atoms with Crippen LogP contribution in [0.25, 0.3) is 0 Å². The number of ether oxygens (including phenoxy) is 2. The first-order valence-electron chi connectivity index (χ1n) is 5.28. The Kier molecular flexibility index (Phi) is 5.38. The molecule has 1 rings (SSSR count). The lowest BCUT2D eigenvalue weighted by Crippen LogP contribution is -2.21. The molecule has 0 saturated carbocycles. The molecule has 1 heterocycles. The Hall–Kier alpha value is -0.450. The average molecular weight is 288 g/mol. The summed E-state index contributed by atoms with van der Waals surface area (Å²) in [6.07, 6.45) is 3.56. The Morgan fingerprint density at radius 3 is 2.62 bits per heavy atom. The highest BCUT2D eigenvalue weighted by Crippen LogP contribution is 2.10. The number of hydrogen-bond donors (Lipinski definition) is 0. The fourth-order valence-electron chi connectivity index (χ4n) is 1.13. The number of rotatable bonds is 5. The Balaban J connectivity index is 2.17. The summed E-state index contributed by atoms with van der Waals surface area (Å²) in [5.41, 5.74) is 0.964. The van der Waals surface area contributed by atoms with Crippen LogP contribution in [-0.4, -0.2) is 23.8 Å². The molecule has 3 nitrogen and oxygen atoms in total. The predicted molar refractivity (Wildman–Crippen MR) is 67.3 cm³/mol. The number of nitrogens with zero attached hydrogens (tertiary/aromatic N) is 1. The molecule has 0 spiro atoms. The molecule has 0 fully saturated rings. The Morgan fingerprint density at radius 1 is 1.25 bits per heavy atom. The molecule has 90 valence electrons. The highest BCUT2D eigenvalue weighted by atomic mass is 79.9. The summed E-state index contributed by atoms with van der Waals surface area (Å²) in [4.78, 5) is 4.06. The van der Waals surface area contributed by atoms with Crippen molar-refractivity contribution in [2.45, 2.75) is 33.0 Å². The molecule has 0 saturated heterocycles. The summed E-state index contributed by atoms with van der Waals surface area (Å²) in [6, 6.07) is 2.00. The van der Waals surface area contributed by atoms with E-state index >= 15 is 0 Å². The van der Waals surface area contributed by atoms with Gasteiger partial charge in [-0.2, -0.15) is 0 Å². The van der Waals surface area contributed by atoms with Gasteiger partial charge in [-0.25, -0.2) is 0 Å². The van der Waals surface area contributed by atoms with Crippen molar-refractivity contribution in [3.05, 3.63) is 28.5 Å². The standard InChI is InChI=1S/C12H18BrNO2/c1-12(2,3)16-5-4-15-9-10-6-11(13)8-14-7-10/h6-8H,4-5,9H2,1-3H3. The van der Waals surface area contributed by atoms with Crippen molar-refractivity contribution in [3.63, 3.8) is 0 Å². The van der Waals surface area contributed by atoms with Crippen LogP contribution >= 0.6 is 15.9 Å². The fourth-order valence-corrected chi connectivity index (χ4v) is 1.54. The summed E-state index contributed by atoms with van der Waals surface area (Å²) < 4.78 is 12.0. The molecule has 0 aliphatic heterocycles. The van der Waals surface area contributed by atoms with Gasteiger partial charge in [0.25, 0.3) is 0 Å². The van der Waals surface area contributed by atoms with Crippen molar-refractivity contribution in [1.29, 1.82) is 0 Å². The Labute approximate surface area is 105 Å². The van der Waals surface area contributed by atoms with Gasteiger partial charge in [-0.3, -0.25) is 4.98 Å². The first kappa shape index (κ1) is 13.6. The Bertz CT molecular complexity index is 323. The maximum absolute atomic E-state index is 5.54. The van der Waals surface area contributed by atoms with Gasteiger partial charge in [-0.15, -0.1) is 0 Å². The van der Waals surface area contributed by atoms with E-state index in [4.69, 9.17) is 9.47 Å². The van der Waals surface area contributed by atoms with Crippen molar-refractivity contribution < 1.29 is 9.47 Å². The zero-order valence-corrected chi connectivity index (χ0v) is 11.6. The molecule has 0 atom stereocenters. The zero-order chi connectivity index (χ0) is 12.0. The van der Waals surface area contributed by atoms with Crippen LogP contribution in [0.3, 0.4) is 0 Å². The van der Waals surface area contributed by atoms with Gasteiger partial charge >= 0.3 is 0 Å². The lowest BCUT2D eigenvalue weighted by molar-refractivity contribution is -0.0377. The lowest BCUT2D eigenvalue weighted by Gasteiger charge is -2.19. The summed E-state index contributed by atoms with van der Waals surface area (Å²) >= 11 is 3.37. The van der Waals surface area contributed by atoms with E-state index in [9.17, 15) is 0 Å². The van der Waals surface area contributed by atoms with Crippen LogP contribution in [0, 0.1) is 0 Å². The molecular weight excluding hydrogens is 270 g/mol. The summed E-state index contributed by atoms with van der Waals surface area (Å²) in [5, 5.41) is 0. The molecule has 0 radical (unpaired) electrons. The molecule has 0 aliphatic carbocycles. The SMILES string of the molecule is CC(C)(C)OCCOCc1cncc(Br)c1. The van der Waals surface area contributed by atoms with E-state index in [1.165, 1.54) is 0 Å². The van der Waals surface area contributed by atoms with Crippen molar-refractivity contribution in [1.82, 2.24) is 4.98 Å². The highest BCUT2D eigenvalue weighted by Gasteiger charge is 2.08. The van der Waals surface area contributed by atoms with Crippen molar-refractivity contribution in [3.8, 4) is 0 Å². The molecule has 1 aromatic rings. The second kappa shape index (κ2) is 6.33. The monoisotopic (exact) mass is 287 g/mol. The number of aromatic nitrogens is 1. The first-order chi connectivity index (χ1) is 7.47. The normalized spacial score (nSPS) is 11.8. The molecule has 16 heavy (non-hydrogen) atoms. The van der Waals surface area contributed by atoms with E-state index in [1.54, 1.807) is 12.4 Å². The highest BCUT2D eigenvalue weighted by molar-refractivity contribution is 9.10. The van der Waals surface area contributed by atoms with Gasteiger partial charge in [0.1, 0.15) is 0 Å². The molecule has 0 bridgehead atoms. The summed E-state index contributed by atoms with van der Waals surface area (Å²) in [7, 11) is 0. The minimum absolute atomic E-state index is 0.0965. The van der Waals surface area contributed by atoms with E-state index in [0.717, 1.165) is 10.0 Å². The van der Waals surface area contributed by atoms with E-state index < -0.39 is 0 Å². The maximum atomic E-state index is 5.54. The largest absolute Gasteiger partial charge is 0.374 e. The molecular formula is C12H18BrNO2. The van der Waals surface area contributed by atoms with Crippen LogP contribution in [-0.2, 0) is 16.1 Å². The van der Waals surface area contributed by atoms with Gasteiger partial charge in [0.05, 0.1) is 25.4 Å². The lowest BCUT2D eigenvalue weighted by atomic mass is 10.2. The van der Waals surface area contributed by atoms with Crippen molar-refractivity contribution in [2.24, 2.45) is 0 Å². The van der Waals surface area contributed by atoms with Gasteiger partial charge in [-0.1, -0.05) is 0 Å². The van der Waals surface area contributed by atoms with Crippen LogP contribution in [0.5, 0.6) is 0 Å². The molecule has 0 N–H and O–H groups in total. The maximum Gasteiger partial charge on any atom is 0.0733 e. The van der Waals surface area contributed by atoms with Crippen LogP contribution in [0.1, 0.15) is 26.3 Å². The first-order valence-corrected chi connectivity index (χ1v) is 6.08. The third-order valence-corrected chi connectivity index (χ3v) is 2.23. The van der Waals surface area contributed by atoms with Crippen molar-refractivity contribution >= 4 is 15.9 Å². The second-order valence-electron chi connectivity index (χ2n) is 4.52. The predicted octanol–water partition coefficient (Wildman–Crippen LogP) is 3.18. The smallest absolute Gasteiger partial charge is 0.0733 e. The third kappa shape index (κ3) is 6.20. The van der Waals surface area contributed by atoms with Crippen LogP contribution in [0.15, 0.2) is 22.9 Å². The third-order valence-electron chi connectivity index (χ3n) is 1.79. The number of hydrogen-bond acceptors (Lipinski definition) is 3.